The Balaban J connectivity index is 1.95. The molecule has 0 aliphatic carbocycles. The van der Waals surface area contributed by atoms with E-state index < -0.39 is 11.7 Å². The highest BCUT2D eigenvalue weighted by atomic mass is 16.6. The van der Waals surface area contributed by atoms with Crippen LogP contribution in [0.4, 0.5) is 4.79 Å². The van der Waals surface area contributed by atoms with Gasteiger partial charge in [-0.1, -0.05) is 0 Å². The predicted octanol–water partition coefficient (Wildman–Crippen LogP) is 0.585. The van der Waals surface area contributed by atoms with Gasteiger partial charge in [-0.2, -0.15) is 0 Å². The van der Waals surface area contributed by atoms with E-state index >= 15 is 0 Å². The van der Waals surface area contributed by atoms with Crippen molar-refractivity contribution in [2.75, 3.05) is 13.1 Å². The van der Waals surface area contributed by atoms with E-state index in [1.165, 1.54) is 0 Å². The number of aliphatic hydroxyl groups excluding tert-OH is 1. The first-order valence-electron chi connectivity index (χ1n) is 6.75. The van der Waals surface area contributed by atoms with E-state index in [2.05, 4.69) is 10.2 Å². The number of aryl methyl sites for hydroxylation is 1. The van der Waals surface area contributed by atoms with E-state index in [4.69, 9.17) is 4.74 Å². The third-order valence-corrected chi connectivity index (χ3v) is 3.31. The van der Waals surface area contributed by atoms with Crippen LogP contribution >= 0.6 is 0 Å². The van der Waals surface area contributed by atoms with Crippen LogP contribution in [0, 0.1) is 5.92 Å². The molecule has 1 saturated heterocycles. The van der Waals surface area contributed by atoms with Gasteiger partial charge < -0.3 is 19.3 Å². The molecule has 2 rings (SSSR count). The minimum atomic E-state index is -0.556. The number of aromatic nitrogens is 3. The molecule has 1 amide bonds. The minimum Gasteiger partial charge on any atom is -0.444 e. The second kappa shape index (κ2) is 5.40. The number of aliphatic hydroxyl groups is 1. The molecule has 2 atom stereocenters. The Morgan fingerprint density at radius 3 is 2.75 bits per heavy atom. The molecule has 112 valence electrons. The highest BCUT2D eigenvalue weighted by Crippen LogP contribution is 2.22. The third-order valence-electron chi connectivity index (χ3n) is 3.31. The van der Waals surface area contributed by atoms with Crippen molar-refractivity contribution < 1.29 is 14.6 Å². The first-order valence-corrected chi connectivity index (χ1v) is 6.75. The maximum Gasteiger partial charge on any atom is 0.410 e. The first kappa shape index (κ1) is 14.8. The zero-order chi connectivity index (χ0) is 14.9. The number of hydrogen-bond donors (Lipinski definition) is 1. The van der Waals surface area contributed by atoms with Crippen molar-refractivity contribution in [2.45, 2.75) is 38.9 Å². The average Bonchev–Trinajstić information content (AvgIpc) is 2.86. The van der Waals surface area contributed by atoms with Crippen LogP contribution in [-0.2, 0) is 18.2 Å². The van der Waals surface area contributed by atoms with Crippen LogP contribution in [0.15, 0.2) is 6.33 Å². The van der Waals surface area contributed by atoms with Crippen molar-refractivity contribution in [1.82, 2.24) is 19.7 Å². The van der Waals surface area contributed by atoms with Crippen LogP contribution in [0.3, 0.4) is 0 Å². The van der Waals surface area contributed by atoms with Crippen LogP contribution in [0.25, 0.3) is 0 Å². The highest BCUT2D eigenvalue weighted by Gasteiger charge is 2.36. The Hall–Kier alpha value is -1.63. The van der Waals surface area contributed by atoms with Crippen LogP contribution in [0.2, 0.25) is 0 Å². The van der Waals surface area contributed by atoms with Crippen molar-refractivity contribution in [1.29, 1.82) is 0 Å². The molecule has 1 N–H and O–H groups in total. The lowest BCUT2D eigenvalue weighted by atomic mass is 10.0. The summed E-state index contributed by atoms with van der Waals surface area (Å²) in [5, 5.41) is 17.9. The van der Waals surface area contributed by atoms with Crippen molar-refractivity contribution in [3.63, 3.8) is 0 Å². The summed E-state index contributed by atoms with van der Waals surface area (Å²) in [4.78, 5) is 13.5. The molecular formula is C13H22N4O3. The average molecular weight is 282 g/mol. The summed E-state index contributed by atoms with van der Waals surface area (Å²) < 4.78 is 7.14. The maximum absolute atomic E-state index is 12.0. The number of carbonyl (C=O) groups excluding carboxylic acids is 1. The number of nitrogens with zero attached hydrogens (tertiary/aromatic N) is 4. The van der Waals surface area contributed by atoms with Gasteiger partial charge in [-0.3, -0.25) is 0 Å². The lowest BCUT2D eigenvalue weighted by molar-refractivity contribution is 0.0269. The van der Waals surface area contributed by atoms with E-state index in [-0.39, 0.29) is 12.0 Å². The van der Waals surface area contributed by atoms with E-state index in [1.807, 2.05) is 32.4 Å². The van der Waals surface area contributed by atoms with Gasteiger partial charge in [0.1, 0.15) is 17.8 Å². The zero-order valence-corrected chi connectivity index (χ0v) is 12.4. The fourth-order valence-electron chi connectivity index (χ4n) is 2.26. The highest BCUT2D eigenvalue weighted by molar-refractivity contribution is 5.68. The lowest BCUT2D eigenvalue weighted by Crippen LogP contribution is -2.35. The minimum absolute atomic E-state index is 0.0366. The van der Waals surface area contributed by atoms with E-state index in [0.29, 0.717) is 19.5 Å². The third kappa shape index (κ3) is 3.47. The van der Waals surface area contributed by atoms with Crippen molar-refractivity contribution in [3.8, 4) is 0 Å². The van der Waals surface area contributed by atoms with E-state index in [9.17, 15) is 9.90 Å². The normalized spacial score (nSPS) is 23.1. The molecular weight excluding hydrogens is 260 g/mol. The van der Waals surface area contributed by atoms with Crippen molar-refractivity contribution >= 4 is 6.09 Å². The smallest absolute Gasteiger partial charge is 0.410 e. The number of carbonyl (C=O) groups is 1. The second-order valence-corrected chi connectivity index (χ2v) is 6.27. The summed E-state index contributed by atoms with van der Waals surface area (Å²) in [7, 11) is 1.86. The molecule has 0 spiro atoms. The number of rotatable bonds is 2. The molecule has 7 nitrogen and oxygen atoms in total. The fourth-order valence-corrected chi connectivity index (χ4v) is 2.26. The van der Waals surface area contributed by atoms with Crippen LogP contribution in [0.5, 0.6) is 0 Å². The summed E-state index contributed by atoms with van der Waals surface area (Å²) in [6, 6.07) is 0. The number of β-amino-alcohol motifs (C(OH)–C–C–N with tert-alkyl or cyclic N) is 1. The topological polar surface area (TPSA) is 80.5 Å². The molecule has 0 saturated carbocycles. The maximum atomic E-state index is 12.0. The summed E-state index contributed by atoms with van der Waals surface area (Å²) in [6.07, 6.45) is 1.29. The molecule has 1 aliphatic heterocycles. The van der Waals surface area contributed by atoms with Crippen LogP contribution < -0.4 is 0 Å². The molecule has 0 aromatic carbocycles. The quantitative estimate of drug-likeness (QED) is 0.858. The Morgan fingerprint density at radius 2 is 2.20 bits per heavy atom. The van der Waals surface area contributed by atoms with Gasteiger partial charge in [-0.15, -0.1) is 10.2 Å². The zero-order valence-electron chi connectivity index (χ0n) is 12.4. The first-order chi connectivity index (χ1) is 9.26. The van der Waals surface area contributed by atoms with Gasteiger partial charge in [0.05, 0.1) is 12.6 Å². The van der Waals surface area contributed by atoms with Gasteiger partial charge in [0.2, 0.25) is 0 Å². The molecule has 2 unspecified atom stereocenters. The molecule has 0 radical (unpaired) electrons. The summed E-state index contributed by atoms with van der Waals surface area (Å²) >= 11 is 0. The summed E-state index contributed by atoms with van der Waals surface area (Å²) in [6.45, 7) is 6.26. The number of ether oxygens (including phenoxy) is 1. The SMILES string of the molecule is Cn1cnnc1CC1CN(C(=O)OC(C)(C)C)CC1O. The van der Waals surface area contributed by atoms with Crippen molar-refractivity contribution in [3.05, 3.63) is 12.2 Å². The Labute approximate surface area is 118 Å². The molecule has 1 fully saturated rings. The van der Waals surface area contributed by atoms with Gasteiger partial charge in [-0.25, -0.2) is 4.79 Å². The number of hydrogen-bond acceptors (Lipinski definition) is 5. The number of likely N-dealkylation sites (tertiary alicyclic amines) is 1. The largest absolute Gasteiger partial charge is 0.444 e. The summed E-state index contributed by atoms with van der Waals surface area (Å²) in [5.41, 5.74) is -0.524. The van der Waals surface area contributed by atoms with E-state index in [1.54, 1.807) is 11.2 Å². The molecule has 0 bridgehead atoms. The molecule has 1 aromatic heterocycles. The Bertz CT molecular complexity index is 480. The molecule has 2 heterocycles. The van der Waals surface area contributed by atoms with Gasteiger partial charge in [0.25, 0.3) is 0 Å². The number of amides is 1. The monoisotopic (exact) mass is 282 g/mol. The van der Waals surface area contributed by atoms with E-state index in [0.717, 1.165) is 5.82 Å². The Morgan fingerprint density at radius 1 is 1.50 bits per heavy atom. The van der Waals surface area contributed by atoms with Gasteiger partial charge in [0.15, 0.2) is 0 Å². The molecule has 1 aromatic rings. The summed E-state index contributed by atoms with van der Waals surface area (Å²) in [5.74, 6) is 0.769. The molecule has 7 heteroatoms. The second-order valence-electron chi connectivity index (χ2n) is 6.27. The van der Waals surface area contributed by atoms with Crippen LogP contribution in [-0.4, -0.2) is 55.7 Å². The van der Waals surface area contributed by atoms with Gasteiger partial charge in [0, 0.05) is 25.9 Å². The van der Waals surface area contributed by atoms with Gasteiger partial charge in [-0.05, 0) is 20.8 Å². The predicted molar refractivity (Wildman–Crippen MR) is 72.0 cm³/mol. The Kier molecular flexibility index (Phi) is 3.99. The molecule has 1 aliphatic rings. The fraction of sp³-hybridized carbons (Fsp3) is 0.769. The van der Waals surface area contributed by atoms with Crippen LogP contribution in [0.1, 0.15) is 26.6 Å². The van der Waals surface area contributed by atoms with Gasteiger partial charge >= 0.3 is 6.09 Å². The van der Waals surface area contributed by atoms with Crippen molar-refractivity contribution in [2.24, 2.45) is 13.0 Å². The molecule has 20 heavy (non-hydrogen) atoms. The lowest BCUT2D eigenvalue weighted by Gasteiger charge is -2.24. The standard InChI is InChI=1S/C13H22N4O3/c1-13(2,3)20-12(19)17-6-9(10(18)7-17)5-11-15-14-8-16(11)4/h8-10,18H,5-7H2,1-4H3.